The molecule has 0 spiro atoms. The number of fused-ring (bicyclic) bond motifs is 6. The van der Waals surface area contributed by atoms with Crippen LogP contribution < -0.4 is 0 Å². The van der Waals surface area contributed by atoms with Crippen molar-refractivity contribution in [3.8, 4) is 22.5 Å². The maximum atomic E-state index is 11.6. The number of aromatic nitrogens is 4. The van der Waals surface area contributed by atoms with Gasteiger partial charge in [0.2, 0.25) is 0 Å². The van der Waals surface area contributed by atoms with E-state index in [-0.39, 0.29) is 11.4 Å². The fourth-order valence-electron chi connectivity index (χ4n) is 8.43. The van der Waals surface area contributed by atoms with Gasteiger partial charge in [0.15, 0.2) is 0 Å². The third kappa shape index (κ3) is 7.74. The molecule has 0 amide bonds. The van der Waals surface area contributed by atoms with Crippen molar-refractivity contribution in [1.82, 2.24) is 19.1 Å². The Morgan fingerprint density at radius 1 is 0.483 bits per heavy atom. The lowest BCUT2D eigenvalue weighted by Gasteiger charge is -2.12. The number of unbranched alkanes of at least 4 members (excludes halogenated alkanes) is 9. The summed E-state index contributed by atoms with van der Waals surface area (Å²) >= 11 is 13.2. The molecule has 58 heavy (non-hydrogen) atoms. The number of nitro benzene ring substituents is 2. The molecule has 0 bridgehead atoms. The lowest BCUT2D eigenvalue weighted by Crippen LogP contribution is -2.01. The van der Waals surface area contributed by atoms with Gasteiger partial charge in [-0.25, -0.2) is 0 Å². The molecule has 10 nitrogen and oxygen atoms in total. The van der Waals surface area contributed by atoms with Crippen molar-refractivity contribution in [2.24, 2.45) is 0 Å². The molecular weight excluding hydrogens is 771 g/mol. The maximum Gasteiger partial charge on any atom is 0.270 e. The number of non-ortho nitro benzene ring substituents is 2. The van der Waals surface area contributed by atoms with Gasteiger partial charge in [-0.05, 0) is 49.2 Å². The summed E-state index contributed by atoms with van der Waals surface area (Å²) in [4.78, 5) is 31.8. The molecule has 294 valence electrons. The average molecular weight is 814 g/mol. The van der Waals surface area contributed by atoms with E-state index < -0.39 is 9.85 Å². The van der Waals surface area contributed by atoms with Crippen LogP contribution in [-0.4, -0.2) is 28.9 Å². The molecule has 0 N–H and O–H groups in total. The molecular formula is C46H42Cl2N6O4. The van der Waals surface area contributed by atoms with E-state index in [1.807, 2.05) is 36.4 Å². The van der Waals surface area contributed by atoms with Crippen LogP contribution in [0.25, 0.3) is 66.1 Å². The lowest BCUT2D eigenvalue weighted by atomic mass is 10.1. The number of pyridine rings is 2. The quantitative estimate of drug-likeness (QED) is 0.0512. The highest BCUT2D eigenvalue weighted by Crippen LogP contribution is 2.40. The van der Waals surface area contributed by atoms with E-state index in [1.165, 1.54) is 49.9 Å². The second kappa shape index (κ2) is 17.3. The summed E-state index contributed by atoms with van der Waals surface area (Å²) in [5, 5.41) is 28.4. The van der Waals surface area contributed by atoms with E-state index in [1.54, 1.807) is 24.5 Å². The molecule has 0 saturated heterocycles. The van der Waals surface area contributed by atoms with Crippen LogP contribution in [0.1, 0.15) is 64.2 Å². The zero-order valence-electron chi connectivity index (χ0n) is 31.9. The number of para-hydroxylation sites is 2. The van der Waals surface area contributed by atoms with E-state index in [2.05, 4.69) is 33.4 Å². The number of halogens is 2. The lowest BCUT2D eigenvalue weighted by molar-refractivity contribution is -0.385. The number of rotatable bonds is 17. The van der Waals surface area contributed by atoms with Crippen LogP contribution >= 0.6 is 23.2 Å². The van der Waals surface area contributed by atoms with Crippen LogP contribution in [0.2, 0.25) is 10.0 Å². The molecule has 0 aliphatic heterocycles. The van der Waals surface area contributed by atoms with Crippen LogP contribution in [0.3, 0.4) is 0 Å². The minimum absolute atomic E-state index is 0.0141. The van der Waals surface area contributed by atoms with Gasteiger partial charge in [-0.1, -0.05) is 111 Å². The van der Waals surface area contributed by atoms with Gasteiger partial charge in [0, 0.05) is 93.5 Å². The molecule has 0 atom stereocenters. The van der Waals surface area contributed by atoms with Crippen LogP contribution in [0, 0.1) is 20.2 Å². The molecule has 0 radical (unpaired) electrons. The maximum absolute atomic E-state index is 11.6. The first-order valence-electron chi connectivity index (χ1n) is 19.9. The van der Waals surface area contributed by atoms with Crippen molar-refractivity contribution >= 4 is 78.2 Å². The van der Waals surface area contributed by atoms with E-state index in [9.17, 15) is 20.2 Å². The standard InChI is InChI=1S/C46H42Cl2N6O4/c47-39-21-19-31(53(55)56)29-37(39)43-45-35(23-25-49-43)33-15-9-11-17-41(33)51(45)27-13-7-5-3-1-2-4-6-8-14-28-52-42-18-12-10-16-34(42)36-24-26-50-44(46(36)52)38-30-32(54(57)58)20-22-40(38)48/h9-12,15-26,29-30H,1-8,13-14,27-28H2. The predicted octanol–water partition coefficient (Wildman–Crippen LogP) is 13.8. The van der Waals surface area contributed by atoms with Gasteiger partial charge in [0.05, 0.1) is 42.3 Å². The first kappa shape index (κ1) is 39.0. The van der Waals surface area contributed by atoms with Crippen molar-refractivity contribution in [3.05, 3.63) is 140 Å². The summed E-state index contributed by atoms with van der Waals surface area (Å²) in [5.74, 6) is 0. The Kier molecular flexibility index (Phi) is 11.7. The molecule has 4 aromatic heterocycles. The summed E-state index contributed by atoms with van der Waals surface area (Å²) in [6.45, 7) is 1.63. The topological polar surface area (TPSA) is 122 Å². The minimum Gasteiger partial charge on any atom is -0.339 e. The molecule has 12 heteroatoms. The predicted molar refractivity (Wildman–Crippen MR) is 235 cm³/mol. The van der Waals surface area contributed by atoms with E-state index >= 15 is 0 Å². The normalized spacial score (nSPS) is 11.7. The second-order valence-electron chi connectivity index (χ2n) is 14.8. The molecule has 0 fully saturated rings. The number of hydrogen-bond donors (Lipinski definition) is 0. The van der Waals surface area contributed by atoms with Crippen LogP contribution in [-0.2, 0) is 13.1 Å². The van der Waals surface area contributed by atoms with Crippen molar-refractivity contribution in [1.29, 1.82) is 0 Å². The number of benzene rings is 4. The van der Waals surface area contributed by atoms with Gasteiger partial charge in [-0.3, -0.25) is 30.2 Å². The number of nitrogens with zero attached hydrogens (tertiary/aromatic N) is 6. The Hall–Kier alpha value is -5.84. The molecule has 0 saturated carbocycles. The Bertz CT molecular complexity index is 2620. The first-order chi connectivity index (χ1) is 28.3. The monoisotopic (exact) mass is 812 g/mol. The number of hydrogen-bond acceptors (Lipinski definition) is 6. The zero-order chi connectivity index (χ0) is 40.2. The van der Waals surface area contributed by atoms with Gasteiger partial charge in [0.1, 0.15) is 0 Å². The Labute approximate surface area is 345 Å². The minimum atomic E-state index is -0.402. The van der Waals surface area contributed by atoms with Gasteiger partial charge >= 0.3 is 0 Å². The molecule has 8 aromatic rings. The summed E-state index contributed by atoms with van der Waals surface area (Å²) in [6, 6.07) is 29.7. The van der Waals surface area contributed by atoms with Crippen LogP contribution in [0.5, 0.6) is 0 Å². The van der Waals surface area contributed by atoms with Gasteiger partial charge in [-0.15, -0.1) is 0 Å². The molecule has 0 unspecified atom stereocenters. The molecule has 0 aliphatic carbocycles. The van der Waals surface area contributed by atoms with Crippen molar-refractivity contribution < 1.29 is 9.85 Å². The number of nitro groups is 2. The van der Waals surface area contributed by atoms with Crippen LogP contribution in [0.15, 0.2) is 109 Å². The first-order valence-corrected chi connectivity index (χ1v) is 20.7. The van der Waals surface area contributed by atoms with Crippen molar-refractivity contribution in [3.63, 3.8) is 0 Å². The highest BCUT2D eigenvalue weighted by atomic mass is 35.5. The third-order valence-electron chi connectivity index (χ3n) is 11.2. The van der Waals surface area contributed by atoms with Crippen molar-refractivity contribution in [2.75, 3.05) is 0 Å². The summed E-state index contributed by atoms with van der Waals surface area (Å²) in [5.41, 5.74) is 6.56. The smallest absolute Gasteiger partial charge is 0.270 e. The number of aryl methyl sites for hydroxylation is 2. The molecule has 4 heterocycles. The zero-order valence-corrected chi connectivity index (χ0v) is 33.5. The average Bonchev–Trinajstić information content (AvgIpc) is 3.74. The highest BCUT2D eigenvalue weighted by molar-refractivity contribution is 6.34. The summed E-state index contributed by atoms with van der Waals surface area (Å²) < 4.78 is 4.61. The molecule has 4 aromatic carbocycles. The Balaban J connectivity index is 0.846. The van der Waals surface area contributed by atoms with E-state index in [0.29, 0.717) is 32.6 Å². The largest absolute Gasteiger partial charge is 0.339 e. The Morgan fingerprint density at radius 2 is 0.862 bits per heavy atom. The van der Waals surface area contributed by atoms with Crippen LogP contribution in [0.4, 0.5) is 11.4 Å². The molecule has 0 aliphatic rings. The van der Waals surface area contributed by atoms with E-state index in [0.717, 1.165) is 95.2 Å². The third-order valence-corrected chi connectivity index (χ3v) is 11.9. The molecule has 8 rings (SSSR count). The second-order valence-corrected chi connectivity index (χ2v) is 15.6. The fourth-order valence-corrected chi connectivity index (χ4v) is 8.85. The van der Waals surface area contributed by atoms with Crippen molar-refractivity contribution in [2.45, 2.75) is 77.3 Å². The van der Waals surface area contributed by atoms with E-state index in [4.69, 9.17) is 33.2 Å². The Morgan fingerprint density at radius 3 is 1.26 bits per heavy atom. The highest BCUT2D eigenvalue weighted by Gasteiger charge is 2.21. The summed E-state index contributed by atoms with van der Waals surface area (Å²) in [7, 11) is 0. The van der Waals surface area contributed by atoms with Gasteiger partial charge in [-0.2, -0.15) is 0 Å². The fraction of sp³-hybridized carbons (Fsp3) is 0.261. The summed E-state index contributed by atoms with van der Waals surface area (Å²) in [6.07, 6.45) is 14.9. The SMILES string of the molecule is O=[N+]([O-])c1ccc(Cl)c(-c2nccc3c4ccccc4n(CCCCCCCCCCCCn4c5ccccc5c5ccnc(-c6cc([N+](=O)[O-])ccc6Cl)c54)c23)c1. The van der Waals surface area contributed by atoms with Gasteiger partial charge < -0.3 is 9.13 Å². The van der Waals surface area contributed by atoms with Gasteiger partial charge in [0.25, 0.3) is 11.4 Å².